The number of benzene rings is 1. The maximum atomic E-state index is 13.9. The fourth-order valence-corrected chi connectivity index (χ4v) is 3.25. The van der Waals surface area contributed by atoms with E-state index in [9.17, 15) is 17.6 Å². The van der Waals surface area contributed by atoms with Crippen LogP contribution in [0.5, 0.6) is 0 Å². The minimum atomic E-state index is -4.27. The number of hydrogen-bond acceptors (Lipinski definition) is 2. The molecule has 0 bridgehead atoms. The Morgan fingerprint density at radius 2 is 2.00 bits per heavy atom. The molecule has 1 aromatic rings. The van der Waals surface area contributed by atoms with Crippen molar-refractivity contribution in [2.45, 2.75) is 51.5 Å². The third kappa shape index (κ3) is 4.61. The summed E-state index contributed by atoms with van der Waals surface area (Å²) in [5.41, 5.74) is 0.536. The summed E-state index contributed by atoms with van der Waals surface area (Å²) in [6.45, 7) is 6.44. The van der Waals surface area contributed by atoms with Gasteiger partial charge in [0.2, 0.25) is 0 Å². The van der Waals surface area contributed by atoms with Gasteiger partial charge in [-0.2, -0.15) is 13.2 Å². The van der Waals surface area contributed by atoms with Crippen molar-refractivity contribution in [3.63, 3.8) is 0 Å². The number of rotatable bonds is 4. The lowest BCUT2D eigenvalue weighted by atomic mass is 9.92. The van der Waals surface area contributed by atoms with Gasteiger partial charge in [-0.15, -0.1) is 0 Å². The highest BCUT2D eigenvalue weighted by Crippen LogP contribution is 2.38. The average molecular weight is 367 g/mol. The molecule has 24 heavy (non-hydrogen) atoms. The van der Waals surface area contributed by atoms with Crippen LogP contribution in [0.2, 0.25) is 5.02 Å². The van der Waals surface area contributed by atoms with E-state index in [2.05, 4.69) is 5.32 Å². The van der Waals surface area contributed by atoms with Crippen LogP contribution in [0.4, 0.5) is 17.6 Å². The molecule has 2 rings (SSSR count). The molecule has 0 saturated carbocycles. The smallest absolute Gasteiger partial charge is 0.311 e. The summed E-state index contributed by atoms with van der Waals surface area (Å²) in [5.74, 6) is -2.08. The molecule has 0 aliphatic carbocycles. The van der Waals surface area contributed by atoms with E-state index in [0.29, 0.717) is 18.7 Å². The number of piperazine rings is 1. The van der Waals surface area contributed by atoms with Gasteiger partial charge in [0.1, 0.15) is 5.82 Å². The summed E-state index contributed by atoms with van der Waals surface area (Å²) in [5, 5.41) is 3.29. The van der Waals surface area contributed by atoms with E-state index < -0.39 is 24.0 Å². The van der Waals surface area contributed by atoms with Gasteiger partial charge in [0.25, 0.3) is 0 Å². The standard InChI is InChI=1S/C17H23ClF4N2/c1-10(17(20,21)22)6-16(13-4-5-14(18)15(19)7-13)24-9-11(2)23-8-12(24)3/h4-5,7,10-12,16,23H,6,8-9H2,1-3H3/t10?,11-,12+,16?/m0/s1. The Labute approximate surface area is 145 Å². The topological polar surface area (TPSA) is 15.3 Å². The van der Waals surface area contributed by atoms with Crippen molar-refractivity contribution in [1.29, 1.82) is 0 Å². The lowest BCUT2D eigenvalue weighted by Crippen LogP contribution is -2.55. The monoisotopic (exact) mass is 366 g/mol. The highest BCUT2D eigenvalue weighted by molar-refractivity contribution is 6.30. The quantitative estimate of drug-likeness (QED) is 0.771. The zero-order valence-corrected chi connectivity index (χ0v) is 14.8. The van der Waals surface area contributed by atoms with Crippen molar-refractivity contribution in [2.75, 3.05) is 13.1 Å². The molecule has 0 radical (unpaired) electrons. The largest absolute Gasteiger partial charge is 0.391 e. The van der Waals surface area contributed by atoms with Crippen LogP contribution in [0.1, 0.15) is 38.8 Å². The first-order valence-electron chi connectivity index (χ1n) is 8.10. The summed E-state index contributed by atoms with van der Waals surface area (Å²) < 4.78 is 53.1. The Morgan fingerprint density at radius 1 is 1.33 bits per heavy atom. The van der Waals surface area contributed by atoms with Gasteiger partial charge in [-0.05, 0) is 38.0 Å². The van der Waals surface area contributed by atoms with E-state index in [-0.39, 0.29) is 23.5 Å². The van der Waals surface area contributed by atoms with E-state index in [1.807, 2.05) is 18.7 Å². The van der Waals surface area contributed by atoms with Crippen LogP contribution in [0.25, 0.3) is 0 Å². The van der Waals surface area contributed by atoms with E-state index in [4.69, 9.17) is 11.6 Å². The fourth-order valence-electron chi connectivity index (χ4n) is 3.14. The minimum absolute atomic E-state index is 0.0249. The zero-order chi connectivity index (χ0) is 18.1. The lowest BCUT2D eigenvalue weighted by Gasteiger charge is -2.43. The van der Waals surface area contributed by atoms with Crippen LogP contribution in [-0.2, 0) is 0 Å². The Bertz CT molecular complexity index is 564. The molecule has 7 heteroatoms. The van der Waals surface area contributed by atoms with E-state index in [1.165, 1.54) is 19.1 Å². The molecule has 136 valence electrons. The SMILES string of the molecule is CC(CC(c1ccc(Cl)c(F)c1)N1C[C@H](C)NC[C@H]1C)C(F)(F)F. The Hall–Kier alpha value is -0.850. The molecular formula is C17H23ClF4N2. The second-order valence-electron chi connectivity index (χ2n) is 6.72. The molecular weight excluding hydrogens is 344 g/mol. The van der Waals surface area contributed by atoms with Gasteiger partial charge in [0.05, 0.1) is 10.9 Å². The molecule has 1 aliphatic rings. The van der Waals surface area contributed by atoms with Crippen LogP contribution in [-0.4, -0.2) is 36.2 Å². The maximum Gasteiger partial charge on any atom is 0.391 e. The summed E-state index contributed by atoms with van der Waals surface area (Å²) in [4.78, 5) is 2.03. The summed E-state index contributed by atoms with van der Waals surface area (Å²) in [6.07, 6.45) is -4.38. The highest BCUT2D eigenvalue weighted by Gasteiger charge is 2.40. The van der Waals surface area contributed by atoms with Gasteiger partial charge in [0, 0.05) is 31.2 Å². The second-order valence-corrected chi connectivity index (χ2v) is 7.13. The van der Waals surface area contributed by atoms with Crippen LogP contribution in [0.15, 0.2) is 18.2 Å². The number of halogens is 5. The van der Waals surface area contributed by atoms with Crippen LogP contribution < -0.4 is 5.32 Å². The molecule has 1 aliphatic heterocycles. The molecule has 2 nitrogen and oxygen atoms in total. The molecule has 0 spiro atoms. The van der Waals surface area contributed by atoms with Gasteiger partial charge in [-0.25, -0.2) is 4.39 Å². The van der Waals surface area contributed by atoms with Crippen molar-refractivity contribution in [2.24, 2.45) is 5.92 Å². The van der Waals surface area contributed by atoms with Gasteiger partial charge in [0.15, 0.2) is 0 Å². The molecule has 0 amide bonds. The predicted octanol–water partition coefficient (Wildman–Crippen LogP) is 4.79. The molecule has 0 aromatic heterocycles. The zero-order valence-electron chi connectivity index (χ0n) is 14.0. The van der Waals surface area contributed by atoms with Crippen molar-refractivity contribution >= 4 is 11.6 Å². The van der Waals surface area contributed by atoms with Crippen LogP contribution in [0, 0.1) is 11.7 Å². The van der Waals surface area contributed by atoms with Crippen molar-refractivity contribution in [1.82, 2.24) is 10.2 Å². The first-order chi connectivity index (χ1) is 11.1. The fraction of sp³-hybridized carbons (Fsp3) is 0.647. The Morgan fingerprint density at radius 3 is 2.58 bits per heavy atom. The van der Waals surface area contributed by atoms with E-state index in [1.54, 1.807) is 6.07 Å². The summed E-state index contributed by atoms with van der Waals surface area (Å²) >= 11 is 5.72. The normalized spacial score (nSPS) is 25.5. The van der Waals surface area contributed by atoms with Crippen molar-refractivity contribution in [3.8, 4) is 0 Å². The Balaban J connectivity index is 2.34. The number of nitrogens with zero attached hydrogens (tertiary/aromatic N) is 1. The first kappa shape index (κ1) is 19.5. The third-order valence-electron chi connectivity index (χ3n) is 4.68. The van der Waals surface area contributed by atoms with E-state index >= 15 is 0 Å². The first-order valence-corrected chi connectivity index (χ1v) is 8.48. The van der Waals surface area contributed by atoms with Crippen LogP contribution in [0.3, 0.4) is 0 Å². The van der Waals surface area contributed by atoms with Crippen LogP contribution >= 0.6 is 11.6 Å². The lowest BCUT2D eigenvalue weighted by molar-refractivity contribution is -0.175. The second kappa shape index (κ2) is 7.58. The number of hydrogen-bond donors (Lipinski definition) is 1. The minimum Gasteiger partial charge on any atom is -0.311 e. The third-order valence-corrected chi connectivity index (χ3v) is 4.98. The predicted molar refractivity (Wildman–Crippen MR) is 87.6 cm³/mol. The van der Waals surface area contributed by atoms with Gasteiger partial charge >= 0.3 is 6.18 Å². The molecule has 2 unspecified atom stereocenters. The molecule has 1 N–H and O–H groups in total. The average Bonchev–Trinajstić information content (AvgIpc) is 2.49. The molecule has 4 atom stereocenters. The molecule has 1 saturated heterocycles. The Kier molecular flexibility index (Phi) is 6.15. The molecule has 1 aromatic carbocycles. The van der Waals surface area contributed by atoms with E-state index in [0.717, 1.165) is 0 Å². The van der Waals surface area contributed by atoms with Gasteiger partial charge in [-0.1, -0.05) is 24.6 Å². The van der Waals surface area contributed by atoms with Crippen molar-refractivity contribution < 1.29 is 17.6 Å². The summed E-state index contributed by atoms with van der Waals surface area (Å²) in [7, 11) is 0. The van der Waals surface area contributed by atoms with Crippen molar-refractivity contribution in [3.05, 3.63) is 34.6 Å². The maximum absolute atomic E-state index is 13.9. The molecule has 1 heterocycles. The van der Waals surface area contributed by atoms with Gasteiger partial charge < -0.3 is 5.32 Å². The summed E-state index contributed by atoms with van der Waals surface area (Å²) in [6, 6.07) is 4.02. The van der Waals surface area contributed by atoms with Gasteiger partial charge in [-0.3, -0.25) is 4.90 Å². The molecule has 1 fully saturated rings. The highest BCUT2D eigenvalue weighted by atomic mass is 35.5. The number of nitrogens with one attached hydrogen (secondary N) is 1. The number of alkyl halides is 3.